The van der Waals surface area contributed by atoms with Gasteiger partial charge in [-0.2, -0.15) is 0 Å². The summed E-state index contributed by atoms with van der Waals surface area (Å²) in [6.45, 7) is 1.80. The Morgan fingerprint density at radius 3 is 2.53 bits per heavy atom. The normalized spacial score (nSPS) is 10.0. The fourth-order valence-corrected chi connectivity index (χ4v) is 1.64. The highest BCUT2D eigenvalue weighted by Gasteiger charge is 2.19. The lowest BCUT2D eigenvalue weighted by molar-refractivity contribution is -0.140. The average molecular weight is 268 g/mol. The molecule has 0 fully saturated rings. The SMILES string of the molecule is CCOC(=O)c1c(O)cc(O)cc1CCC(=O)OC. The lowest BCUT2D eigenvalue weighted by atomic mass is 10.0. The van der Waals surface area contributed by atoms with Crippen LogP contribution in [-0.4, -0.2) is 35.9 Å². The predicted octanol–water partition coefficient (Wildman–Crippen LogP) is 1.38. The molecule has 0 atom stereocenters. The van der Waals surface area contributed by atoms with Gasteiger partial charge in [-0.3, -0.25) is 4.79 Å². The fourth-order valence-electron chi connectivity index (χ4n) is 1.64. The molecule has 6 nitrogen and oxygen atoms in total. The number of phenolic OH excluding ortho intramolecular Hbond substituents is 2. The average Bonchev–Trinajstić information content (AvgIpc) is 2.35. The second kappa shape index (κ2) is 6.63. The molecule has 0 saturated carbocycles. The maximum absolute atomic E-state index is 11.7. The van der Waals surface area contributed by atoms with E-state index in [1.54, 1.807) is 6.92 Å². The standard InChI is InChI=1S/C13H16O6/c1-3-19-13(17)12-8(4-5-11(16)18-2)6-9(14)7-10(12)15/h6-7,14-15H,3-5H2,1-2H3. The van der Waals surface area contributed by atoms with E-state index in [2.05, 4.69) is 4.74 Å². The minimum Gasteiger partial charge on any atom is -0.508 e. The summed E-state index contributed by atoms with van der Waals surface area (Å²) in [6.07, 6.45) is 0.189. The van der Waals surface area contributed by atoms with Crippen molar-refractivity contribution in [2.45, 2.75) is 19.8 Å². The van der Waals surface area contributed by atoms with Crippen molar-refractivity contribution in [2.24, 2.45) is 0 Å². The molecule has 0 aliphatic rings. The number of ether oxygens (including phenoxy) is 2. The highest BCUT2D eigenvalue weighted by molar-refractivity contribution is 5.94. The van der Waals surface area contributed by atoms with Crippen LogP contribution in [0.2, 0.25) is 0 Å². The van der Waals surface area contributed by atoms with Crippen molar-refractivity contribution < 1.29 is 29.3 Å². The zero-order valence-corrected chi connectivity index (χ0v) is 10.8. The Morgan fingerprint density at radius 2 is 1.95 bits per heavy atom. The molecular formula is C13H16O6. The number of esters is 2. The third-order valence-corrected chi connectivity index (χ3v) is 2.49. The van der Waals surface area contributed by atoms with Crippen LogP contribution in [0.15, 0.2) is 12.1 Å². The molecule has 0 aliphatic heterocycles. The molecule has 1 aromatic carbocycles. The molecule has 0 saturated heterocycles. The first-order chi connectivity index (χ1) is 8.99. The van der Waals surface area contributed by atoms with Crippen LogP contribution in [0, 0.1) is 0 Å². The van der Waals surface area contributed by atoms with Crippen LogP contribution in [-0.2, 0) is 20.7 Å². The first-order valence-corrected chi connectivity index (χ1v) is 5.78. The number of aromatic hydroxyl groups is 2. The summed E-state index contributed by atoms with van der Waals surface area (Å²) in [4.78, 5) is 22.8. The van der Waals surface area contributed by atoms with E-state index in [4.69, 9.17) is 4.74 Å². The summed E-state index contributed by atoms with van der Waals surface area (Å²) < 4.78 is 9.33. The van der Waals surface area contributed by atoms with E-state index in [1.807, 2.05) is 0 Å². The van der Waals surface area contributed by atoms with Crippen LogP contribution in [0.3, 0.4) is 0 Å². The number of hydrogen-bond acceptors (Lipinski definition) is 6. The van der Waals surface area contributed by atoms with Crippen LogP contribution < -0.4 is 0 Å². The maximum Gasteiger partial charge on any atom is 0.342 e. The summed E-state index contributed by atoms with van der Waals surface area (Å²) in [6, 6.07) is 2.36. The Labute approximate surface area is 110 Å². The highest BCUT2D eigenvalue weighted by atomic mass is 16.5. The largest absolute Gasteiger partial charge is 0.508 e. The minimum atomic E-state index is -0.695. The lowest BCUT2D eigenvalue weighted by Gasteiger charge is -2.11. The number of phenols is 2. The van der Waals surface area contributed by atoms with Gasteiger partial charge in [0.25, 0.3) is 0 Å². The van der Waals surface area contributed by atoms with Crippen LogP contribution in [0.1, 0.15) is 29.3 Å². The van der Waals surface area contributed by atoms with E-state index in [-0.39, 0.29) is 36.5 Å². The van der Waals surface area contributed by atoms with E-state index in [0.29, 0.717) is 5.56 Å². The van der Waals surface area contributed by atoms with Gasteiger partial charge in [-0.25, -0.2) is 4.79 Å². The second-order valence-corrected chi connectivity index (χ2v) is 3.80. The quantitative estimate of drug-likeness (QED) is 0.784. The lowest BCUT2D eigenvalue weighted by Crippen LogP contribution is -2.10. The molecule has 1 aromatic rings. The molecule has 19 heavy (non-hydrogen) atoms. The van der Waals surface area contributed by atoms with E-state index in [0.717, 1.165) is 6.07 Å². The van der Waals surface area contributed by atoms with Gasteiger partial charge < -0.3 is 19.7 Å². The second-order valence-electron chi connectivity index (χ2n) is 3.80. The van der Waals surface area contributed by atoms with Crippen molar-refractivity contribution in [3.63, 3.8) is 0 Å². The smallest absolute Gasteiger partial charge is 0.342 e. The third-order valence-electron chi connectivity index (χ3n) is 2.49. The van der Waals surface area contributed by atoms with Crippen molar-refractivity contribution >= 4 is 11.9 Å². The number of carbonyl (C=O) groups is 2. The molecule has 0 bridgehead atoms. The molecule has 0 heterocycles. The number of carbonyl (C=O) groups excluding carboxylic acids is 2. The van der Waals surface area contributed by atoms with Gasteiger partial charge in [0, 0.05) is 12.5 Å². The molecule has 0 aromatic heterocycles. The molecule has 6 heteroatoms. The van der Waals surface area contributed by atoms with Gasteiger partial charge in [-0.1, -0.05) is 0 Å². The molecule has 0 spiro atoms. The number of aryl methyl sites for hydroxylation is 1. The van der Waals surface area contributed by atoms with Crippen molar-refractivity contribution in [1.82, 2.24) is 0 Å². The summed E-state index contributed by atoms with van der Waals surface area (Å²) in [5.41, 5.74) is 0.296. The molecular weight excluding hydrogens is 252 g/mol. The molecule has 1 rings (SSSR count). The number of benzene rings is 1. The van der Waals surface area contributed by atoms with E-state index in [9.17, 15) is 19.8 Å². The molecule has 0 unspecified atom stereocenters. The van der Waals surface area contributed by atoms with E-state index >= 15 is 0 Å². The molecule has 0 amide bonds. The zero-order valence-electron chi connectivity index (χ0n) is 10.8. The van der Waals surface area contributed by atoms with Gasteiger partial charge in [0.15, 0.2) is 0 Å². The third kappa shape index (κ3) is 3.87. The molecule has 2 N–H and O–H groups in total. The van der Waals surface area contributed by atoms with Gasteiger partial charge in [0.05, 0.1) is 13.7 Å². The maximum atomic E-state index is 11.7. The number of hydrogen-bond donors (Lipinski definition) is 2. The van der Waals surface area contributed by atoms with E-state index in [1.165, 1.54) is 13.2 Å². The molecule has 0 radical (unpaired) electrons. The predicted molar refractivity (Wildman–Crippen MR) is 66.1 cm³/mol. The highest BCUT2D eigenvalue weighted by Crippen LogP contribution is 2.29. The van der Waals surface area contributed by atoms with Crippen LogP contribution in [0.25, 0.3) is 0 Å². The minimum absolute atomic E-state index is 0.0335. The Morgan fingerprint density at radius 1 is 1.26 bits per heavy atom. The van der Waals surface area contributed by atoms with Crippen molar-refractivity contribution in [2.75, 3.05) is 13.7 Å². The van der Waals surface area contributed by atoms with E-state index < -0.39 is 11.9 Å². The Kier molecular flexibility index (Phi) is 5.17. The van der Waals surface area contributed by atoms with Crippen molar-refractivity contribution in [3.05, 3.63) is 23.3 Å². The Bertz CT molecular complexity index is 480. The number of rotatable bonds is 5. The first-order valence-electron chi connectivity index (χ1n) is 5.78. The monoisotopic (exact) mass is 268 g/mol. The van der Waals surface area contributed by atoms with Gasteiger partial charge >= 0.3 is 11.9 Å². The Balaban J connectivity index is 3.06. The van der Waals surface area contributed by atoms with Gasteiger partial charge in [-0.05, 0) is 25.0 Å². The fraction of sp³-hybridized carbons (Fsp3) is 0.385. The number of methoxy groups -OCH3 is 1. The summed E-state index contributed by atoms with van der Waals surface area (Å²) in [5.74, 6) is -1.71. The Hall–Kier alpha value is -2.24. The van der Waals surface area contributed by atoms with Crippen LogP contribution >= 0.6 is 0 Å². The summed E-state index contributed by atoms with van der Waals surface area (Å²) >= 11 is 0. The topological polar surface area (TPSA) is 93.1 Å². The van der Waals surface area contributed by atoms with Gasteiger partial charge in [-0.15, -0.1) is 0 Å². The summed E-state index contributed by atoms with van der Waals surface area (Å²) in [5, 5.41) is 19.1. The van der Waals surface area contributed by atoms with Crippen LogP contribution in [0.4, 0.5) is 0 Å². The van der Waals surface area contributed by atoms with Crippen molar-refractivity contribution in [1.29, 1.82) is 0 Å². The zero-order chi connectivity index (χ0) is 14.4. The van der Waals surface area contributed by atoms with Gasteiger partial charge in [0.2, 0.25) is 0 Å². The summed E-state index contributed by atoms with van der Waals surface area (Å²) in [7, 11) is 1.26. The first kappa shape index (κ1) is 14.8. The van der Waals surface area contributed by atoms with Crippen molar-refractivity contribution in [3.8, 4) is 11.5 Å². The van der Waals surface area contributed by atoms with Gasteiger partial charge in [0.1, 0.15) is 17.1 Å². The molecule has 104 valence electrons. The van der Waals surface area contributed by atoms with Crippen LogP contribution in [0.5, 0.6) is 11.5 Å². The molecule has 0 aliphatic carbocycles.